The van der Waals surface area contributed by atoms with Gasteiger partial charge in [-0.25, -0.2) is 9.97 Å². The Kier molecular flexibility index (Phi) is 6.57. The lowest BCUT2D eigenvalue weighted by molar-refractivity contribution is -0.114. The zero-order chi connectivity index (χ0) is 19.9. The molecular weight excluding hydrogens is 354 g/mol. The number of nitrogens with zero attached hydrogens (tertiary/aromatic N) is 2. The van der Waals surface area contributed by atoms with Gasteiger partial charge in [-0.3, -0.25) is 9.59 Å². The van der Waals surface area contributed by atoms with Gasteiger partial charge in [-0.2, -0.15) is 0 Å². The molecule has 7 heteroatoms. The van der Waals surface area contributed by atoms with E-state index in [1.807, 2.05) is 0 Å². The first kappa shape index (κ1) is 19.8. The van der Waals surface area contributed by atoms with Crippen LogP contribution in [0.2, 0.25) is 0 Å². The van der Waals surface area contributed by atoms with Crippen molar-refractivity contribution in [1.82, 2.24) is 9.97 Å². The molecule has 0 radical (unpaired) electrons. The van der Waals surface area contributed by atoms with Gasteiger partial charge in [-0.15, -0.1) is 0 Å². The van der Waals surface area contributed by atoms with Crippen LogP contribution in [0.3, 0.4) is 0 Å². The Hall–Kier alpha value is -2.96. The number of anilines is 3. The number of hydrogen-bond donors (Lipinski definition) is 3. The molecule has 0 atom stereocenters. The van der Waals surface area contributed by atoms with Crippen molar-refractivity contribution in [2.75, 3.05) is 16.0 Å². The molecule has 1 heterocycles. The van der Waals surface area contributed by atoms with Gasteiger partial charge in [-0.1, -0.05) is 25.7 Å². The third-order valence-electron chi connectivity index (χ3n) is 4.74. The molecule has 1 aliphatic carbocycles. The van der Waals surface area contributed by atoms with E-state index in [-0.39, 0.29) is 11.8 Å². The average Bonchev–Trinajstić information content (AvgIpc) is 2.91. The number of nitrogens with one attached hydrogen (secondary N) is 3. The Balaban J connectivity index is 1.67. The van der Waals surface area contributed by atoms with E-state index in [4.69, 9.17) is 0 Å². The molecule has 0 spiro atoms. The molecule has 1 aromatic carbocycles. The third kappa shape index (κ3) is 5.77. The fourth-order valence-corrected chi connectivity index (χ4v) is 3.43. The predicted molar refractivity (Wildman–Crippen MR) is 111 cm³/mol. The fraction of sp³-hybridized carbons (Fsp3) is 0.429. The fourth-order valence-electron chi connectivity index (χ4n) is 3.43. The Morgan fingerprint density at radius 1 is 0.929 bits per heavy atom. The van der Waals surface area contributed by atoms with E-state index in [0.29, 0.717) is 34.8 Å². The van der Waals surface area contributed by atoms with Gasteiger partial charge in [0.1, 0.15) is 17.3 Å². The maximum atomic E-state index is 12.6. The molecule has 0 aliphatic heterocycles. The largest absolute Gasteiger partial charge is 0.367 e. The monoisotopic (exact) mass is 381 g/mol. The lowest BCUT2D eigenvalue weighted by Gasteiger charge is -2.17. The summed E-state index contributed by atoms with van der Waals surface area (Å²) in [6.45, 7) is 3.24. The van der Waals surface area contributed by atoms with Crippen molar-refractivity contribution < 1.29 is 9.59 Å². The van der Waals surface area contributed by atoms with Crippen molar-refractivity contribution >= 4 is 29.0 Å². The van der Waals surface area contributed by atoms with Crippen LogP contribution in [0.15, 0.2) is 30.3 Å². The first-order chi connectivity index (χ1) is 13.5. The summed E-state index contributed by atoms with van der Waals surface area (Å²) in [5.74, 6) is 0.832. The Morgan fingerprint density at radius 3 is 2.14 bits per heavy atom. The van der Waals surface area contributed by atoms with E-state index < -0.39 is 0 Å². The Morgan fingerprint density at radius 2 is 1.54 bits per heavy atom. The minimum atomic E-state index is -0.290. The van der Waals surface area contributed by atoms with Crippen LogP contribution in [0.5, 0.6) is 0 Å². The molecule has 3 rings (SSSR count). The zero-order valence-corrected chi connectivity index (χ0v) is 16.4. The van der Waals surface area contributed by atoms with Crippen molar-refractivity contribution in [3.05, 3.63) is 41.9 Å². The van der Waals surface area contributed by atoms with Gasteiger partial charge in [-0.05, 0) is 44.0 Å². The second-order valence-electron chi connectivity index (χ2n) is 7.23. The van der Waals surface area contributed by atoms with Crippen LogP contribution in [0.25, 0.3) is 0 Å². The van der Waals surface area contributed by atoms with Crippen LogP contribution in [0, 0.1) is 6.92 Å². The van der Waals surface area contributed by atoms with Gasteiger partial charge in [0.05, 0.1) is 0 Å². The number of carbonyl (C=O) groups is 2. The quantitative estimate of drug-likeness (QED) is 0.677. The lowest BCUT2D eigenvalue weighted by Crippen LogP contribution is -2.21. The van der Waals surface area contributed by atoms with Crippen LogP contribution in [0.1, 0.15) is 61.8 Å². The lowest BCUT2D eigenvalue weighted by atomic mass is 10.1. The summed E-state index contributed by atoms with van der Waals surface area (Å²) >= 11 is 0. The number of rotatable bonds is 5. The van der Waals surface area contributed by atoms with Crippen molar-refractivity contribution in [3.8, 4) is 0 Å². The predicted octanol–water partition coefficient (Wildman–Crippen LogP) is 4.13. The highest BCUT2D eigenvalue weighted by molar-refractivity contribution is 6.03. The van der Waals surface area contributed by atoms with Crippen LogP contribution >= 0.6 is 0 Å². The second-order valence-corrected chi connectivity index (χ2v) is 7.23. The van der Waals surface area contributed by atoms with Gasteiger partial charge in [0.15, 0.2) is 0 Å². The second kappa shape index (κ2) is 9.30. The minimum absolute atomic E-state index is 0.137. The van der Waals surface area contributed by atoms with Crippen LogP contribution < -0.4 is 16.0 Å². The molecule has 7 nitrogen and oxygen atoms in total. The van der Waals surface area contributed by atoms with Gasteiger partial charge in [0.25, 0.3) is 5.91 Å². The molecule has 1 aliphatic rings. The van der Waals surface area contributed by atoms with E-state index >= 15 is 0 Å². The number of hydrogen-bond acceptors (Lipinski definition) is 5. The number of aryl methyl sites for hydroxylation is 1. The average molecular weight is 381 g/mol. The van der Waals surface area contributed by atoms with E-state index in [1.54, 1.807) is 37.3 Å². The summed E-state index contributed by atoms with van der Waals surface area (Å²) in [5.41, 5.74) is 1.64. The van der Waals surface area contributed by atoms with Gasteiger partial charge in [0.2, 0.25) is 5.91 Å². The summed E-state index contributed by atoms with van der Waals surface area (Å²) in [4.78, 5) is 32.4. The van der Waals surface area contributed by atoms with Gasteiger partial charge < -0.3 is 16.0 Å². The standard InChI is InChI=1S/C21H27N5O2/c1-14-22-19(13-20(23-14)25-16-7-5-3-4-6-8-16)21(28)26-18-11-9-17(10-12-18)24-15(2)27/h9-13,16H,3-8H2,1-2H3,(H,24,27)(H,26,28)(H,22,23,25). The molecule has 2 amide bonds. The first-order valence-corrected chi connectivity index (χ1v) is 9.81. The maximum Gasteiger partial charge on any atom is 0.274 e. The molecular formula is C21H27N5O2. The van der Waals surface area contributed by atoms with Gasteiger partial charge >= 0.3 is 0 Å². The third-order valence-corrected chi connectivity index (χ3v) is 4.74. The highest BCUT2D eigenvalue weighted by Crippen LogP contribution is 2.21. The number of aromatic nitrogens is 2. The molecule has 2 aromatic rings. The minimum Gasteiger partial charge on any atom is -0.367 e. The molecule has 3 N–H and O–H groups in total. The molecule has 0 unspecified atom stereocenters. The van der Waals surface area contributed by atoms with Gasteiger partial charge in [0, 0.05) is 30.4 Å². The van der Waals surface area contributed by atoms with Crippen molar-refractivity contribution in [3.63, 3.8) is 0 Å². The highest BCUT2D eigenvalue weighted by atomic mass is 16.2. The number of benzene rings is 1. The van der Waals surface area contributed by atoms with E-state index in [9.17, 15) is 9.59 Å². The first-order valence-electron chi connectivity index (χ1n) is 9.81. The van der Waals surface area contributed by atoms with E-state index in [2.05, 4.69) is 25.9 Å². The van der Waals surface area contributed by atoms with Crippen molar-refractivity contribution in [1.29, 1.82) is 0 Å². The number of amides is 2. The molecule has 1 saturated carbocycles. The van der Waals surface area contributed by atoms with E-state index in [0.717, 1.165) is 12.8 Å². The normalized spacial score (nSPS) is 14.8. The summed E-state index contributed by atoms with van der Waals surface area (Å²) in [6, 6.07) is 9.06. The van der Waals surface area contributed by atoms with Crippen molar-refractivity contribution in [2.24, 2.45) is 0 Å². The molecule has 0 saturated heterocycles. The van der Waals surface area contributed by atoms with Crippen molar-refractivity contribution in [2.45, 2.75) is 58.4 Å². The molecule has 0 bridgehead atoms. The zero-order valence-electron chi connectivity index (χ0n) is 16.4. The van der Waals surface area contributed by atoms with Crippen LogP contribution in [-0.4, -0.2) is 27.8 Å². The Labute approximate surface area is 165 Å². The maximum absolute atomic E-state index is 12.6. The molecule has 28 heavy (non-hydrogen) atoms. The molecule has 1 fully saturated rings. The summed E-state index contributed by atoms with van der Waals surface area (Å²) < 4.78 is 0. The highest BCUT2D eigenvalue weighted by Gasteiger charge is 2.15. The van der Waals surface area contributed by atoms with Crippen LogP contribution in [-0.2, 0) is 4.79 Å². The number of carbonyl (C=O) groups excluding carboxylic acids is 2. The Bertz CT molecular complexity index is 827. The molecule has 1 aromatic heterocycles. The van der Waals surface area contributed by atoms with E-state index in [1.165, 1.54) is 32.6 Å². The summed E-state index contributed by atoms with van der Waals surface area (Å²) in [5, 5.41) is 9.01. The summed E-state index contributed by atoms with van der Waals surface area (Å²) in [7, 11) is 0. The van der Waals surface area contributed by atoms with Crippen LogP contribution in [0.4, 0.5) is 17.2 Å². The topological polar surface area (TPSA) is 96.0 Å². The molecule has 148 valence electrons. The smallest absolute Gasteiger partial charge is 0.274 e. The summed E-state index contributed by atoms with van der Waals surface area (Å²) in [6.07, 6.45) is 7.29. The SMILES string of the molecule is CC(=O)Nc1ccc(NC(=O)c2cc(NC3CCCCCC3)nc(C)n2)cc1.